The maximum absolute atomic E-state index is 2.94. The highest BCUT2D eigenvalue weighted by molar-refractivity contribution is 9.08. The Labute approximate surface area is 175 Å². The fraction of sp³-hybridized carbons (Fsp3) is 0.538. The van der Waals surface area contributed by atoms with Crippen LogP contribution in [0.25, 0.3) is 11.1 Å². The third-order valence-electron chi connectivity index (χ3n) is 6.46. The molecule has 2 unspecified atom stereocenters. The molecule has 0 aliphatic heterocycles. The maximum Gasteiger partial charge on any atom is 0.0220 e. The number of hydrogen-bond donors (Lipinski definition) is 0. The molecular weight excluding hydrogens is 392 g/mol. The minimum absolute atomic E-state index is 0.188. The van der Waals surface area contributed by atoms with Crippen molar-refractivity contribution in [3.8, 4) is 11.1 Å². The molecule has 0 bridgehead atoms. The third kappa shape index (κ3) is 4.34. The Morgan fingerprint density at radius 1 is 0.741 bits per heavy atom. The first-order valence-electron chi connectivity index (χ1n) is 10.5. The minimum atomic E-state index is 0.188. The first-order valence-corrected chi connectivity index (χ1v) is 12.1. The average Bonchev–Trinajstić information content (AvgIpc) is 2.92. The molecule has 0 saturated carbocycles. The van der Waals surface area contributed by atoms with Crippen molar-refractivity contribution in [2.75, 3.05) is 5.83 Å². The largest absolute Gasteiger partial charge is 0.0966 e. The molecule has 148 valence electrons. The molecule has 0 nitrogen and oxygen atoms in total. The van der Waals surface area contributed by atoms with Gasteiger partial charge in [0.1, 0.15) is 0 Å². The minimum Gasteiger partial charge on any atom is -0.0966 e. The molecule has 1 aliphatic carbocycles. The number of hydrogen-bond acceptors (Lipinski definition) is 0. The zero-order chi connectivity index (χ0) is 20.2. The zero-order valence-electron chi connectivity index (χ0n) is 18.3. The average molecular weight is 429 g/mol. The topological polar surface area (TPSA) is 0 Å². The predicted molar refractivity (Wildman–Crippen MR) is 125 cm³/mol. The summed E-state index contributed by atoms with van der Waals surface area (Å²) in [4.78, 5) is 0. The van der Waals surface area contributed by atoms with E-state index in [-0.39, 0.29) is 5.41 Å². The van der Waals surface area contributed by atoms with Gasteiger partial charge in [0.2, 0.25) is 0 Å². The van der Waals surface area contributed by atoms with Crippen molar-refractivity contribution in [2.24, 2.45) is 11.8 Å². The van der Waals surface area contributed by atoms with Crippen molar-refractivity contribution in [1.29, 1.82) is 0 Å². The van der Waals surface area contributed by atoms with Crippen molar-refractivity contribution in [3.63, 3.8) is 0 Å². The predicted octanol–water partition coefficient (Wildman–Crippen LogP) is 8.45. The summed E-state index contributed by atoms with van der Waals surface area (Å²) in [5.41, 5.74) is 9.11. The molecule has 0 saturated heterocycles. The molecule has 3 rings (SSSR count). The van der Waals surface area contributed by atoms with E-state index in [4.69, 9.17) is 0 Å². The van der Waals surface area contributed by atoms with Crippen molar-refractivity contribution in [2.45, 2.75) is 72.6 Å². The smallest absolute Gasteiger partial charge is 0.0220 e. The third-order valence-corrected chi connectivity index (χ3v) is 6.46. The SMILES string of the molecule is CBr.CCC(C)CC1(CC(C)CC)c2cc(C)ccc2-c2ccc(C)cc21. The van der Waals surface area contributed by atoms with Gasteiger partial charge in [0.25, 0.3) is 0 Å². The van der Waals surface area contributed by atoms with Gasteiger partial charge in [0.05, 0.1) is 0 Å². The summed E-state index contributed by atoms with van der Waals surface area (Å²) in [5, 5.41) is 0. The summed E-state index contributed by atoms with van der Waals surface area (Å²) < 4.78 is 0. The van der Waals surface area contributed by atoms with Crippen LogP contribution in [0.2, 0.25) is 0 Å². The molecule has 0 fully saturated rings. The van der Waals surface area contributed by atoms with E-state index in [1.165, 1.54) is 47.9 Å². The summed E-state index contributed by atoms with van der Waals surface area (Å²) in [5.74, 6) is 3.29. The Morgan fingerprint density at radius 3 is 1.44 bits per heavy atom. The van der Waals surface area contributed by atoms with E-state index in [1.54, 1.807) is 11.1 Å². The molecule has 2 aromatic carbocycles. The molecule has 0 N–H and O–H groups in total. The highest BCUT2D eigenvalue weighted by atomic mass is 79.9. The molecule has 0 amide bonds. The number of fused-ring (bicyclic) bond motifs is 3. The lowest BCUT2D eigenvalue weighted by Crippen LogP contribution is -2.30. The Balaban J connectivity index is 0.00000126. The lowest BCUT2D eigenvalue weighted by molar-refractivity contribution is 0.308. The van der Waals surface area contributed by atoms with Gasteiger partial charge in [-0.25, -0.2) is 0 Å². The Kier molecular flexibility index (Phi) is 7.74. The van der Waals surface area contributed by atoms with Crippen LogP contribution in [0.5, 0.6) is 0 Å². The summed E-state index contributed by atoms with van der Waals surface area (Å²) in [6.07, 6.45) is 5.04. The second kappa shape index (κ2) is 9.41. The van der Waals surface area contributed by atoms with Gasteiger partial charge in [-0.1, -0.05) is 104 Å². The number of alkyl halides is 1. The number of benzene rings is 2. The quantitative estimate of drug-likeness (QED) is 0.404. The number of rotatable bonds is 6. The van der Waals surface area contributed by atoms with Gasteiger partial charge in [-0.05, 0) is 66.6 Å². The normalized spacial score (nSPS) is 16.0. The van der Waals surface area contributed by atoms with Crippen LogP contribution in [0.3, 0.4) is 0 Å². The molecule has 1 aliphatic rings. The van der Waals surface area contributed by atoms with Gasteiger partial charge >= 0.3 is 0 Å². The number of aryl methyl sites for hydroxylation is 2. The van der Waals surface area contributed by atoms with Crippen LogP contribution in [-0.2, 0) is 5.41 Å². The number of halogens is 1. The van der Waals surface area contributed by atoms with Crippen LogP contribution in [0.15, 0.2) is 36.4 Å². The van der Waals surface area contributed by atoms with Gasteiger partial charge in [-0.15, -0.1) is 0 Å². The van der Waals surface area contributed by atoms with Crippen LogP contribution >= 0.6 is 15.9 Å². The van der Waals surface area contributed by atoms with E-state index < -0.39 is 0 Å². The first kappa shape index (κ1) is 22.2. The molecule has 0 spiro atoms. The summed E-state index contributed by atoms with van der Waals surface area (Å²) in [6.45, 7) is 14.0. The van der Waals surface area contributed by atoms with E-state index in [0.29, 0.717) is 0 Å². The van der Waals surface area contributed by atoms with E-state index in [0.717, 1.165) is 11.8 Å². The second-order valence-corrected chi connectivity index (χ2v) is 8.62. The Bertz CT molecular complexity index is 693. The molecule has 2 atom stereocenters. The standard InChI is InChI=1S/C25H34.CH3Br/c1-7-17(3)15-25(16-18(4)8-2)23-13-19(5)9-11-21(23)22-12-10-20(6)14-24(22)25;1-2/h9-14,17-18H,7-8,15-16H2,1-6H3;1H3. The Morgan fingerprint density at radius 2 is 1.11 bits per heavy atom. The molecule has 0 radical (unpaired) electrons. The van der Waals surface area contributed by atoms with E-state index in [2.05, 4.69) is 93.9 Å². The van der Waals surface area contributed by atoms with Gasteiger partial charge < -0.3 is 0 Å². The lowest BCUT2D eigenvalue weighted by atomic mass is 9.66. The van der Waals surface area contributed by atoms with Crippen molar-refractivity contribution in [3.05, 3.63) is 58.7 Å². The molecule has 0 aromatic heterocycles. The van der Waals surface area contributed by atoms with Crippen molar-refractivity contribution < 1.29 is 0 Å². The van der Waals surface area contributed by atoms with Gasteiger partial charge in [0, 0.05) is 5.41 Å². The molecule has 0 heterocycles. The summed E-state index contributed by atoms with van der Waals surface area (Å²) in [6, 6.07) is 14.3. The van der Waals surface area contributed by atoms with Gasteiger partial charge in [0.15, 0.2) is 0 Å². The van der Waals surface area contributed by atoms with Crippen LogP contribution in [0, 0.1) is 25.7 Å². The fourth-order valence-electron chi connectivity index (χ4n) is 4.72. The van der Waals surface area contributed by atoms with Gasteiger partial charge in [-0.2, -0.15) is 0 Å². The maximum atomic E-state index is 2.94. The summed E-state index contributed by atoms with van der Waals surface area (Å²) >= 11 is 2.94. The highest BCUT2D eigenvalue weighted by Gasteiger charge is 2.44. The van der Waals surface area contributed by atoms with Crippen LogP contribution < -0.4 is 0 Å². The molecule has 2 aromatic rings. The second-order valence-electron chi connectivity index (χ2n) is 8.62. The molecular formula is C26H37Br. The van der Waals surface area contributed by atoms with Crippen molar-refractivity contribution in [1.82, 2.24) is 0 Å². The molecule has 1 heteroatoms. The van der Waals surface area contributed by atoms with Crippen LogP contribution in [-0.4, -0.2) is 5.83 Å². The summed E-state index contributed by atoms with van der Waals surface area (Å²) in [7, 11) is 0. The van der Waals surface area contributed by atoms with E-state index in [1.807, 2.05) is 5.83 Å². The highest BCUT2D eigenvalue weighted by Crippen LogP contribution is 2.55. The van der Waals surface area contributed by atoms with Gasteiger partial charge in [-0.3, -0.25) is 0 Å². The van der Waals surface area contributed by atoms with E-state index >= 15 is 0 Å². The monoisotopic (exact) mass is 428 g/mol. The van der Waals surface area contributed by atoms with Crippen molar-refractivity contribution >= 4 is 15.9 Å². The van der Waals surface area contributed by atoms with Crippen LogP contribution in [0.4, 0.5) is 0 Å². The van der Waals surface area contributed by atoms with Crippen LogP contribution in [0.1, 0.15) is 75.6 Å². The Hall–Kier alpha value is -1.08. The fourth-order valence-corrected chi connectivity index (χ4v) is 4.72. The zero-order valence-corrected chi connectivity index (χ0v) is 19.9. The lowest BCUT2D eigenvalue weighted by Gasteiger charge is -2.37. The first-order chi connectivity index (χ1) is 12.9. The molecule has 27 heavy (non-hydrogen) atoms. The van der Waals surface area contributed by atoms with E-state index in [9.17, 15) is 0 Å².